The van der Waals surface area contributed by atoms with Crippen LogP contribution in [0.25, 0.3) is 0 Å². The molecular weight excluding hydrogens is 396 g/mol. The highest BCUT2D eigenvalue weighted by Gasteiger charge is 2.24. The van der Waals surface area contributed by atoms with Gasteiger partial charge in [-0.25, -0.2) is 0 Å². The molecule has 1 aliphatic rings. The van der Waals surface area contributed by atoms with Crippen molar-refractivity contribution in [3.63, 3.8) is 0 Å². The van der Waals surface area contributed by atoms with E-state index in [0.29, 0.717) is 19.7 Å². The molecule has 4 nitrogen and oxygen atoms in total. The fourth-order valence-electron chi connectivity index (χ4n) is 2.58. The first-order valence-electron chi connectivity index (χ1n) is 12.1. The molecule has 1 heterocycles. The van der Waals surface area contributed by atoms with E-state index in [4.69, 9.17) is 4.74 Å². The van der Waals surface area contributed by atoms with E-state index in [0.717, 1.165) is 12.1 Å². The lowest BCUT2D eigenvalue weighted by Gasteiger charge is -2.29. The Morgan fingerprint density at radius 2 is 1.25 bits per heavy atom. The average Bonchev–Trinajstić information content (AvgIpc) is 2.84. The zero-order chi connectivity index (χ0) is 24.9. The quantitative estimate of drug-likeness (QED) is 0.602. The highest BCUT2D eigenvalue weighted by atomic mass is 16.5. The summed E-state index contributed by atoms with van der Waals surface area (Å²) < 4.78 is 5.46. The van der Waals surface area contributed by atoms with Gasteiger partial charge < -0.3 is 15.0 Å². The first kappa shape index (κ1) is 32.0. The van der Waals surface area contributed by atoms with Crippen LogP contribution in [0, 0.1) is 20.8 Å². The summed E-state index contributed by atoms with van der Waals surface area (Å²) in [5.74, 6) is -0.0258. The number of benzene rings is 2. The van der Waals surface area contributed by atoms with Crippen LogP contribution in [-0.4, -0.2) is 43.7 Å². The second-order valence-electron chi connectivity index (χ2n) is 6.98. The van der Waals surface area contributed by atoms with Gasteiger partial charge in [-0.3, -0.25) is 4.79 Å². The van der Waals surface area contributed by atoms with Crippen molar-refractivity contribution in [1.82, 2.24) is 10.2 Å². The summed E-state index contributed by atoms with van der Waals surface area (Å²) in [6.45, 7) is 21.0. The number of carbonyl (C=O) groups excluding carboxylic acids is 1. The second-order valence-corrected chi connectivity index (χ2v) is 6.98. The molecule has 0 aromatic heterocycles. The maximum Gasteiger partial charge on any atom is 0.250 e. The molecule has 182 valence electrons. The largest absolute Gasteiger partial charge is 0.366 e. The Morgan fingerprint density at radius 1 is 0.844 bits per heavy atom. The molecule has 32 heavy (non-hydrogen) atoms. The van der Waals surface area contributed by atoms with E-state index in [2.05, 4.69) is 48.3 Å². The van der Waals surface area contributed by atoms with Crippen molar-refractivity contribution in [2.75, 3.05) is 26.7 Å². The van der Waals surface area contributed by atoms with Gasteiger partial charge in [-0.05, 0) is 33.4 Å². The summed E-state index contributed by atoms with van der Waals surface area (Å²) >= 11 is 0. The van der Waals surface area contributed by atoms with Crippen molar-refractivity contribution < 1.29 is 9.53 Å². The third-order valence-electron chi connectivity index (χ3n) is 4.37. The van der Waals surface area contributed by atoms with Gasteiger partial charge in [0, 0.05) is 19.6 Å². The Labute approximate surface area is 198 Å². The van der Waals surface area contributed by atoms with Crippen LogP contribution in [-0.2, 0) is 16.1 Å². The van der Waals surface area contributed by atoms with Crippen molar-refractivity contribution in [1.29, 1.82) is 0 Å². The number of nitrogens with one attached hydrogen (secondary N) is 1. The number of carbonyl (C=O) groups is 1. The molecule has 1 unspecified atom stereocenters. The number of aryl methyl sites for hydroxylation is 3. The molecule has 2 aromatic rings. The highest BCUT2D eigenvalue weighted by molar-refractivity contribution is 5.81. The minimum atomic E-state index is -0.339. The Kier molecular flexibility index (Phi) is 20.7. The van der Waals surface area contributed by atoms with E-state index in [1.54, 1.807) is 0 Å². The van der Waals surface area contributed by atoms with E-state index in [-0.39, 0.29) is 12.0 Å². The first-order valence-corrected chi connectivity index (χ1v) is 12.1. The smallest absolute Gasteiger partial charge is 0.250 e. The van der Waals surface area contributed by atoms with Crippen LogP contribution in [0.1, 0.15) is 63.8 Å². The minimum absolute atomic E-state index is 0.0258. The molecule has 0 aliphatic carbocycles. The molecule has 1 saturated heterocycles. The molecule has 0 saturated carbocycles. The predicted molar refractivity (Wildman–Crippen MR) is 140 cm³/mol. The monoisotopic (exact) mass is 444 g/mol. The van der Waals surface area contributed by atoms with Crippen LogP contribution in [0.5, 0.6) is 0 Å². The van der Waals surface area contributed by atoms with Crippen molar-refractivity contribution in [2.24, 2.45) is 0 Å². The van der Waals surface area contributed by atoms with E-state index >= 15 is 0 Å². The third-order valence-corrected chi connectivity index (χ3v) is 4.37. The van der Waals surface area contributed by atoms with Crippen LogP contribution < -0.4 is 5.32 Å². The molecule has 2 aromatic carbocycles. The first-order chi connectivity index (χ1) is 15.4. The van der Waals surface area contributed by atoms with Crippen LogP contribution in [0.2, 0.25) is 0 Å². The summed E-state index contributed by atoms with van der Waals surface area (Å²) in [5, 5.41) is 2.92. The normalized spacial score (nSPS) is 14.5. The molecule has 4 heteroatoms. The number of nitrogens with zero attached hydrogens (tertiary/aromatic N) is 1. The number of ether oxygens (including phenoxy) is 1. The highest BCUT2D eigenvalue weighted by Crippen LogP contribution is 2.05. The zero-order valence-corrected chi connectivity index (χ0v) is 22.3. The van der Waals surface area contributed by atoms with Gasteiger partial charge in [-0.1, -0.05) is 107 Å². The van der Waals surface area contributed by atoms with Crippen molar-refractivity contribution in [3.8, 4) is 0 Å². The van der Waals surface area contributed by atoms with Crippen molar-refractivity contribution in [2.45, 2.75) is 75.0 Å². The molecule has 0 spiro atoms. The van der Waals surface area contributed by atoms with E-state index < -0.39 is 0 Å². The fourth-order valence-corrected chi connectivity index (χ4v) is 2.58. The minimum Gasteiger partial charge on any atom is -0.366 e. The van der Waals surface area contributed by atoms with E-state index in [1.165, 1.54) is 16.7 Å². The number of hydrogen-bond donors (Lipinski definition) is 1. The number of likely N-dealkylation sites (N-methyl/N-ethyl adjacent to an activating group) is 1. The van der Waals surface area contributed by atoms with Gasteiger partial charge in [-0.2, -0.15) is 0 Å². The number of amides is 1. The molecule has 3 rings (SSSR count). The topological polar surface area (TPSA) is 41.6 Å². The molecule has 1 fully saturated rings. The van der Waals surface area contributed by atoms with E-state index in [9.17, 15) is 4.79 Å². The maximum atomic E-state index is 11.9. The van der Waals surface area contributed by atoms with E-state index in [1.807, 2.05) is 79.8 Å². The second kappa shape index (κ2) is 20.7. The molecule has 1 atom stereocenters. The summed E-state index contributed by atoms with van der Waals surface area (Å²) in [6, 6.07) is 16.6. The van der Waals surface area contributed by atoms with Crippen LogP contribution in [0.4, 0.5) is 0 Å². The van der Waals surface area contributed by atoms with Gasteiger partial charge >= 0.3 is 0 Å². The fraction of sp³-hybridized carbons (Fsp3) is 0.536. The van der Waals surface area contributed by atoms with Crippen LogP contribution in [0.15, 0.2) is 48.5 Å². The van der Waals surface area contributed by atoms with Gasteiger partial charge in [0.2, 0.25) is 0 Å². The maximum absolute atomic E-state index is 11.9. The number of hydrogen-bond acceptors (Lipinski definition) is 3. The molecule has 0 radical (unpaired) electrons. The molecular formula is C28H48N2O2. The lowest BCUT2D eigenvalue weighted by molar-refractivity contribution is -0.137. The van der Waals surface area contributed by atoms with Crippen molar-refractivity contribution >= 4 is 5.91 Å². The third kappa shape index (κ3) is 14.8. The Bertz CT molecular complexity index is 661. The molecule has 1 aliphatic heterocycles. The summed E-state index contributed by atoms with van der Waals surface area (Å²) in [5.41, 5.74) is 4.99. The summed E-state index contributed by atoms with van der Waals surface area (Å²) in [6.07, 6.45) is -0.339. The average molecular weight is 445 g/mol. The summed E-state index contributed by atoms with van der Waals surface area (Å²) in [7, 11) is 2.00. The zero-order valence-electron chi connectivity index (χ0n) is 22.3. The predicted octanol–water partition coefficient (Wildman–Crippen LogP) is 6.32. The Hall–Kier alpha value is -2.17. The van der Waals surface area contributed by atoms with Crippen LogP contribution in [0.3, 0.4) is 0 Å². The van der Waals surface area contributed by atoms with Gasteiger partial charge in [0.15, 0.2) is 0 Å². The van der Waals surface area contributed by atoms with Crippen LogP contribution >= 0.6 is 0 Å². The molecule has 1 amide bonds. The van der Waals surface area contributed by atoms with Gasteiger partial charge in [-0.15, -0.1) is 0 Å². The number of rotatable bonds is 3. The Balaban J connectivity index is 0. The van der Waals surface area contributed by atoms with Gasteiger partial charge in [0.25, 0.3) is 5.91 Å². The number of morpholine rings is 1. The van der Waals surface area contributed by atoms with Crippen molar-refractivity contribution in [3.05, 3.63) is 70.8 Å². The SMILES string of the molecule is CC.CC.CC.Cc1ccc(C)cc1.Cc1ccc(CNC(=O)C2CN(C)CCO2)cc1. The lowest BCUT2D eigenvalue weighted by Crippen LogP contribution is -2.48. The van der Waals surface area contributed by atoms with Gasteiger partial charge in [0.1, 0.15) is 6.10 Å². The molecule has 0 bridgehead atoms. The molecule has 1 N–H and O–H groups in total. The summed E-state index contributed by atoms with van der Waals surface area (Å²) in [4.78, 5) is 14.0. The lowest BCUT2D eigenvalue weighted by atomic mass is 10.1. The van der Waals surface area contributed by atoms with Gasteiger partial charge in [0.05, 0.1) is 6.61 Å². The Morgan fingerprint density at radius 3 is 1.66 bits per heavy atom. The standard InChI is InChI=1S/C14H20N2O2.C8H10.3C2H6/c1-11-3-5-12(6-4-11)9-15-14(17)13-10-16(2)7-8-18-13;1-7-3-5-8(2)6-4-7;3*1-2/h3-6,13H,7-10H2,1-2H3,(H,15,17);3-6H,1-2H3;3*1-2H3.